The van der Waals surface area contributed by atoms with Gasteiger partial charge in [-0.25, -0.2) is 4.68 Å². The van der Waals surface area contributed by atoms with Crippen LogP contribution < -0.4 is 5.73 Å². The summed E-state index contributed by atoms with van der Waals surface area (Å²) in [7, 11) is 0. The maximum Gasteiger partial charge on any atom is 0.270 e. The molecule has 2 aromatic rings. The van der Waals surface area contributed by atoms with E-state index in [1.165, 1.54) is 5.56 Å². The van der Waals surface area contributed by atoms with Gasteiger partial charge in [0.25, 0.3) is 5.91 Å². The highest BCUT2D eigenvalue weighted by atomic mass is 16.1. The standard InChI is InChI=1S/C12H14N4O/c1-2-9-4-3-5-10(6-9)7-16-8-11(12(13)17)14-15-16/h3-6,8H,2,7H2,1H3,(H2,13,17). The Morgan fingerprint density at radius 2 is 2.18 bits per heavy atom. The largest absolute Gasteiger partial charge is 0.364 e. The van der Waals surface area contributed by atoms with E-state index in [-0.39, 0.29) is 5.69 Å². The van der Waals surface area contributed by atoms with Crippen molar-refractivity contribution in [3.05, 3.63) is 47.3 Å². The summed E-state index contributed by atoms with van der Waals surface area (Å²) in [4.78, 5) is 10.9. The fourth-order valence-corrected chi connectivity index (χ4v) is 1.62. The Balaban J connectivity index is 2.16. The van der Waals surface area contributed by atoms with Crippen LogP contribution in [0.5, 0.6) is 0 Å². The molecule has 0 bridgehead atoms. The molecule has 17 heavy (non-hydrogen) atoms. The first kappa shape index (κ1) is 11.3. The fraction of sp³-hybridized carbons (Fsp3) is 0.250. The SMILES string of the molecule is CCc1cccc(Cn2cc(C(N)=O)nn2)c1. The number of rotatable bonds is 4. The lowest BCUT2D eigenvalue weighted by Gasteiger charge is -2.03. The molecule has 0 radical (unpaired) electrons. The highest BCUT2D eigenvalue weighted by Gasteiger charge is 2.06. The summed E-state index contributed by atoms with van der Waals surface area (Å²) in [5, 5.41) is 7.55. The highest BCUT2D eigenvalue weighted by Crippen LogP contribution is 2.07. The molecule has 0 saturated heterocycles. The van der Waals surface area contributed by atoms with Gasteiger partial charge in [0, 0.05) is 0 Å². The Labute approximate surface area is 99.2 Å². The highest BCUT2D eigenvalue weighted by molar-refractivity contribution is 5.90. The first-order chi connectivity index (χ1) is 8.19. The number of benzene rings is 1. The molecule has 0 aliphatic rings. The maximum absolute atomic E-state index is 10.9. The first-order valence-electron chi connectivity index (χ1n) is 5.47. The van der Waals surface area contributed by atoms with E-state index in [4.69, 9.17) is 5.73 Å². The van der Waals surface area contributed by atoms with E-state index in [0.717, 1.165) is 12.0 Å². The molecular formula is C12H14N4O. The number of amides is 1. The van der Waals surface area contributed by atoms with Gasteiger partial charge in [-0.2, -0.15) is 0 Å². The van der Waals surface area contributed by atoms with Gasteiger partial charge >= 0.3 is 0 Å². The van der Waals surface area contributed by atoms with Gasteiger partial charge in [-0.3, -0.25) is 4.79 Å². The number of carbonyl (C=O) groups is 1. The van der Waals surface area contributed by atoms with Crippen LogP contribution in [-0.4, -0.2) is 20.9 Å². The van der Waals surface area contributed by atoms with Crippen LogP contribution in [0, 0.1) is 0 Å². The van der Waals surface area contributed by atoms with Crippen molar-refractivity contribution in [3.63, 3.8) is 0 Å². The van der Waals surface area contributed by atoms with Crippen LogP contribution >= 0.6 is 0 Å². The van der Waals surface area contributed by atoms with Crippen LogP contribution in [-0.2, 0) is 13.0 Å². The van der Waals surface area contributed by atoms with Crippen LogP contribution in [0.4, 0.5) is 0 Å². The van der Waals surface area contributed by atoms with E-state index in [2.05, 4.69) is 29.4 Å². The second kappa shape index (κ2) is 4.78. The molecule has 5 heteroatoms. The molecule has 0 saturated carbocycles. The molecule has 1 amide bonds. The minimum atomic E-state index is -0.557. The molecule has 0 unspecified atom stereocenters. The molecule has 0 aliphatic heterocycles. The molecule has 2 N–H and O–H groups in total. The summed E-state index contributed by atoms with van der Waals surface area (Å²) >= 11 is 0. The van der Waals surface area contributed by atoms with Crippen molar-refractivity contribution in [1.82, 2.24) is 15.0 Å². The third-order valence-electron chi connectivity index (χ3n) is 2.54. The minimum Gasteiger partial charge on any atom is -0.364 e. The van der Waals surface area contributed by atoms with Crippen molar-refractivity contribution in [2.24, 2.45) is 5.73 Å². The zero-order valence-electron chi connectivity index (χ0n) is 9.63. The van der Waals surface area contributed by atoms with Gasteiger partial charge in [-0.15, -0.1) is 5.10 Å². The summed E-state index contributed by atoms with van der Waals surface area (Å²) in [6.45, 7) is 2.70. The van der Waals surface area contributed by atoms with Gasteiger partial charge in [0.15, 0.2) is 5.69 Å². The van der Waals surface area contributed by atoms with Crippen LogP contribution in [0.25, 0.3) is 0 Å². The van der Waals surface area contributed by atoms with Crippen molar-refractivity contribution < 1.29 is 4.79 Å². The third-order valence-corrected chi connectivity index (χ3v) is 2.54. The molecule has 5 nitrogen and oxygen atoms in total. The maximum atomic E-state index is 10.9. The zero-order chi connectivity index (χ0) is 12.3. The molecule has 0 atom stereocenters. The summed E-state index contributed by atoms with van der Waals surface area (Å²) < 4.78 is 1.61. The van der Waals surface area contributed by atoms with Crippen LogP contribution in [0.15, 0.2) is 30.5 Å². The van der Waals surface area contributed by atoms with E-state index in [0.29, 0.717) is 6.54 Å². The Hall–Kier alpha value is -2.17. The first-order valence-corrected chi connectivity index (χ1v) is 5.47. The summed E-state index contributed by atoms with van der Waals surface area (Å²) in [5.74, 6) is -0.557. The molecule has 0 aliphatic carbocycles. The number of hydrogen-bond donors (Lipinski definition) is 1. The molecule has 1 heterocycles. The normalized spacial score (nSPS) is 10.4. The zero-order valence-corrected chi connectivity index (χ0v) is 9.63. The molecule has 0 fully saturated rings. The van der Waals surface area contributed by atoms with Crippen molar-refractivity contribution >= 4 is 5.91 Å². The smallest absolute Gasteiger partial charge is 0.270 e. The lowest BCUT2D eigenvalue weighted by atomic mass is 10.1. The molecule has 88 valence electrons. The monoisotopic (exact) mass is 230 g/mol. The van der Waals surface area contributed by atoms with Gasteiger partial charge in [0.05, 0.1) is 12.7 Å². The minimum absolute atomic E-state index is 0.191. The van der Waals surface area contributed by atoms with Gasteiger partial charge in [-0.1, -0.05) is 36.4 Å². The van der Waals surface area contributed by atoms with E-state index >= 15 is 0 Å². The topological polar surface area (TPSA) is 73.8 Å². The Bertz CT molecular complexity index is 533. The summed E-state index contributed by atoms with van der Waals surface area (Å²) in [6, 6.07) is 8.23. The van der Waals surface area contributed by atoms with Gasteiger partial charge in [-0.05, 0) is 17.5 Å². The predicted molar refractivity (Wildman–Crippen MR) is 63.5 cm³/mol. The van der Waals surface area contributed by atoms with Crippen molar-refractivity contribution in [2.75, 3.05) is 0 Å². The summed E-state index contributed by atoms with van der Waals surface area (Å²) in [5.41, 5.74) is 7.71. The fourth-order valence-electron chi connectivity index (χ4n) is 1.62. The lowest BCUT2D eigenvalue weighted by molar-refractivity contribution is 0.0995. The number of aromatic nitrogens is 3. The second-order valence-corrected chi connectivity index (χ2v) is 3.84. The Morgan fingerprint density at radius 3 is 2.82 bits per heavy atom. The number of primary amides is 1. The second-order valence-electron chi connectivity index (χ2n) is 3.84. The Morgan fingerprint density at radius 1 is 1.41 bits per heavy atom. The van der Waals surface area contributed by atoms with Crippen molar-refractivity contribution in [2.45, 2.75) is 19.9 Å². The van der Waals surface area contributed by atoms with Crippen LogP contribution in [0.1, 0.15) is 28.5 Å². The van der Waals surface area contributed by atoms with Crippen LogP contribution in [0.2, 0.25) is 0 Å². The summed E-state index contributed by atoms with van der Waals surface area (Å²) in [6.07, 6.45) is 2.55. The van der Waals surface area contributed by atoms with E-state index < -0.39 is 5.91 Å². The number of hydrogen-bond acceptors (Lipinski definition) is 3. The van der Waals surface area contributed by atoms with Crippen LogP contribution in [0.3, 0.4) is 0 Å². The van der Waals surface area contributed by atoms with E-state index in [9.17, 15) is 4.79 Å². The Kier molecular flexibility index (Phi) is 3.18. The number of nitrogens with zero attached hydrogens (tertiary/aromatic N) is 3. The van der Waals surface area contributed by atoms with Gasteiger partial charge in [0.1, 0.15) is 0 Å². The van der Waals surface area contributed by atoms with Gasteiger partial charge < -0.3 is 5.73 Å². The molecule has 0 spiro atoms. The number of nitrogens with two attached hydrogens (primary N) is 1. The lowest BCUT2D eigenvalue weighted by Crippen LogP contribution is -2.11. The quantitative estimate of drug-likeness (QED) is 0.851. The molecular weight excluding hydrogens is 216 g/mol. The van der Waals surface area contributed by atoms with E-state index in [1.807, 2.05) is 12.1 Å². The number of aryl methyl sites for hydroxylation is 1. The predicted octanol–water partition coefficient (Wildman–Crippen LogP) is 0.988. The molecule has 1 aromatic carbocycles. The number of carbonyl (C=O) groups excluding carboxylic acids is 1. The molecule has 1 aromatic heterocycles. The van der Waals surface area contributed by atoms with Gasteiger partial charge in [0.2, 0.25) is 0 Å². The molecule has 2 rings (SSSR count). The third kappa shape index (κ3) is 2.69. The van der Waals surface area contributed by atoms with Crippen molar-refractivity contribution in [1.29, 1.82) is 0 Å². The average Bonchev–Trinajstić information content (AvgIpc) is 2.78. The van der Waals surface area contributed by atoms with Crippen molar-refractivity contribution in [3.8, 4) is 0 Å². The average molecular weight is 230 g/mol. The van der Waals surface area contributed by atoms with E-state index in [1.54, 1.807) is 10.9 Å².